The van der Waals surface area contributed by atoms with Gasteiger partial charge in [0.2, 0.25) is 5.95 Å². The van der Waals surface area contributed by atoms with Gasteiger partial charge in [-0.1, -0.05) is 11.6 Å². The van der Waals surface area contributed by atoms with E-state index in [4.69, 9.17) is 11.6 Å². The van der Waals surface area contributed by atoms with E-state index in [1.165, 1.54) is 24.6 Å². The van der Waals surface area contributed by atoms with Crippen molar-refractivity contribution in [2.24, 2.45) is 0 Å². The number of likely N-dealkylation sites (tertiary alicyclic amines) is 1. The number of aromatic nitrogens is 2. The third-order valence-electron chi connectivity index (χ3n) is 5.93. The quantitative estimate of drug-likeness (QED) is 0.567. The Kier molecular flexibility index (Phi) is 6.39. The van der Waals surface area contributed by atoms with E-state index < -0.39 is 5.82 Å². The minimum atomic E-state index is -0.444. The molecule has 2 heterocycles. The van der Waals surface area contributed by atoms with E-state index in [-0.39, 0.29) is 5.02 Å². The number of rotatable bonds is 5. The summed E-state index contributed by atoms with van der Waals surface area (Å²) in [6.45, 7) is 4.20. The number of hydrogen-bond donors (Lipinski definition) is 1. The molecule has 0 bridgehead atoms. The molecule has 0 unspecified atom stereocenters. The molecule has 1 aliphatic rings. The molecular weight excluding hydrogens is 413 g/mol. The number of anilines is 3. The van der Waals surface area contributed by atoms with Gasteiger partial charge in [-0.3, -0.25) is 0 Å². The minimum absolute atomic E-state index is 0.0781. The van der Waals surface area contributed by atoms with Crippen LogP contribution in [0.3, 0.4) is 0 Å². The normalized spacial score (nSPS) is 15.1. The molecule has 1 aliphatic heterocycles. The molecule has 1 saturated heterocycles. The molecule has 2 aromatic carbocycles. The van der Waals surface area contributed by atoms with Crippen LogP contribution in [0.2, 0.25) is 5.02 Å². The van der Waals surface area contributed by atoms with Gasteiger partial charge < -0.3 is 15.1 Å². The van der Waals surface area contributed by atoms with Crippen molar-refractivity contribution < 1.29 is 4.39 Å². The number of aryl methyl sites for hydroxylation is 1. The fourth-order valence-electron chi connectivity index (χ4n) is 3.94. The third kappa shape index (κ3) is 4.97. The van der Waals surface area contributed by atoms with Crippen LogP contribution in [0.25, 0.3) is 11.3 Å². The molecule has 0 amide bonds. The first kappa shape index (κ1) is 21.5. The summed E-state index contributed by atoms with van der Waals surface area (Å²) >= 11 is 5.95. The Morgan fingerprint density at radius 1 is 1.13 bits per heavy atom. The fourth-order valence-corrected chi connectivity index (χ4v) is 4.12. The average molecular weight is 440 g/mol. The number of halogens is 2. The molecule has 0 spiro atoms. The molecule has 0 radical (unpaired) electrons. The van der Waals surface area contributed by atoms with Crippen molar-refractivity contribution in [3.8, 4) is 11.3 Å². The largest absolute Gasteiger partial charge is 0.372 e. The standard InChI is InChI=1S/C24H27ClFN5/c1-16-15-27-24(29-23(16)17-4-9-22(26)21(25)14-17)28-18-5-7-19(8-6-18)31(3)20-10-12-30(2)13-11-20/h4-9,14-15,20H,10-13H2,1-3H3,(H,27,28,29). The van der Waals surface area contributed by atoms with Gasteiger partial charge in [-0.15, -0.1) is 0 Å². The topological polar surface area (TPSA) is 44.3 Å². The molecule has 5 nitrogen and oxygen atoms in total. The Hall–Kier alpha value is -2.70. The second-order valence-corrected chi connectivity index (χ2v) is 8.58. The van der Waals surface area contributed by atoms with Crippen LogP contribution in [0.1, 0.15) is 18.4 Å². The smallest absolute Gasteiger partial charge is 0.227 e. The van der Waals surface area contributed by atoms with Gasteiger partial charge in [0.05, 0.1) is 10.7 Å². The van der Waals surface area contributed by atoms with E-state index in [0.717, 1.165) is 35.6 Å². The summed E-state index contributed by atoms with van der Waals surface area (Å²) in [5.41, 5.74) is 4.48. The van der Waals surface area contributed by atoms with Crippen LogP contribution in [0.4, 0.5) is 21.7 Å². The maximum Gasteiger partial charge on any atom is 0.227 e. The average Bonchev–Trinajstić information content (AvgIpc) is 2.78. The molecule has 0 saturated carbocycles. The maximum absolute atomic E-state index is 13.5. The van der Waals surface area contributed by atoms with Gasteiger partial charge in [-0.05, 0) is 87.9 Å². The number of nitrogens with zero attached hydrogens (tertiary/aromatic N) is 4. The predicted octanol–water partition coefficient (Wildman–Crippen LogP) is 5.52. The predicted molar refractivity (Wildman–Crippen MR) is 126 cm³/mol. The zero-order valence-corrected chi connectivity index (χ0v) is 18.8. The monoisotopic (exact) mass is 439 g/mol. The van der Waals surface area contributed by atoms with Gasteiger partial charge >= 0.3 is 0 Å². The first-order chi connectivity index (χ1) is 14.9. The molecular formula is C24H27ClFN5. The van der Waals surface area contributed by atoms with Gasteiger partial charge in [-0.2, -0.15) is 0 Å². The highest BCUT2D eigenvalue weighted by Gasteiger charge is 2.20. The number of benzene rings is 2. The zero-order valence-electron chi connectivity index (χ0n) is 18.1. The van der Waals surface area contributed by atoms with Crippen molar-refractivity contribution in [3.05, 3.63) is 65.1 Å². The van der Waals surface area contributed by atoms with Crippen LogP contribution in [0.5, 0.6) is 0 Å². The zero-order chi connectivity index (χ0) is 22.0. The van der Waals surface area contributed by atoms with Crippen LogP contribution < -0.4 is 10.2 Å². The summed E-state index contributed by atoms with van der Waals surface area (Å²) < 4.78 is 13.5. The van der Waals surface area contributed by atoms with Crippen molar-refractivity contribution in [1.29, 1.82) is 0 Å². The van der Waals surface area contributed by atoms with E-state index >= 15 is 0 Å². The van der Waals surface area contributed by atoms with Crippen molar-refractivity contribution in [3.63, 3.8) is 0 Å². The Morgan fingerprint density at radius 2 is 1.84 bits per heavy atom. The highest BCUT2D eigenvalue weighted by atomic mass is 35.5. The number of hydrogen-bond acceptors (Lipinski definition) is 5. The minimum Gasteiger partial charge on any atom is -0.372 e. The van der Waals surface area contributed by atoms with Crippen LogP contribution in [0, 0.1) is 12.7 Å². The Bertz CT molecular complexity index is 1050. The molecule has 3 aromatic rings. The Morgan fingerprint density at radius 3 is 2.52 bits per heavy atom. The van der Waals surface area contributed by atoms with Gasteiger partial charge in [0, 0.05) is 36.2 Å². The second-order valence-electron chi connectivity index (χ2n) is 8.17. The summed E-state index contributed by atoms with van der Waals surface area (Å²) in [5.74, 6) is 0.0400. The van der Waals surface area contributed by atoms with Crippen LogP contribution in [-0.4, -0.2) is 48.1 Å². The summed E-state index contributed by atoms with van der Waals surface area (Å²) in [6, 6.07) is 13.5. The number of piperidine rings is 1. The molecule has 7 heteroatoms. The van der Waals surface area contributed by atoms with Crippen molar-refractivity contribution in [2.45, 2.75) is 25.8 Å². The summed E-state index contributed by atoms with van der Waals surface area (Å²) in [4.78, 5) is 13.8. The maximum atomic E-state index is 13.5. The van der Waals surface area contributed by atoms with Crippen LogP contribution >= 0.6 is 11.6 Å². The lowest BCUT2D eigenvalue weighted by Crippen LogP contribution is -2.41. The molecule has 0 atom stereocenters. The first-order valence-corrected chi connectivity index (χ1v) is 10.9. The van der Waals surface area contributed by atoms with Crippen molar-refractivity contribution >= 4 is 28.9 Å². The van der Waals surface area contributed by atoms with Gasteiger partial charge in [0.15, 0.2) is 0 Å². The summed E-state index contributed by atoms with van der Waals surface area (Å²) in [7, 11) is 4.35. The molecule has 1 fully saturated rings. The highest BCUT2D eigenvalue weighted by Crippen LogP contribution is 2.28. The van der Waals surface area contributed by atoms with Gasteiger partial charge in [0.25, 0.3) is 0 Å². The van der Waals surface area contributed by atoms with Crippen molar-refractivity contribution in [2.75, 3.05) is 37.4 Å². The van der Waals surface area contributed by atoms with E-state index in [0.29, 0.717) is 12.0 Å². The lowest BCUT2D eigenvalue weighted by atomic mass is 10.0. The summed E-state index contributed by atoms with van der Waals surface area (Å²) in [6.07, 6.45) is 4.12. The Labute approximate surface area is 187 Å². The highest BCUT2D eigenvalue weighted by molar-refractivity contribution is 6.31. The Balaban J connectivity index is 1.48. The second kappa shape index (κ2) is 9.20. The van der Waals surface area contributed by atoms with Crippen molar-refractivity contribution in [1.82, 2.24) is 14.9 Å². The van der Waals surface area contributed by atoms with E-state index in [9.17, 15) is 4.39 Å². The third-order valence-corrected chi connectivity index (χ3v) is 6.22. The van der Waals surface area contributed by atoms with E-state index in [2.05, 4.69) is 51.3 Å². The first-order valence-electron chi connectivity index (χ1n) is 10.5. The fraction of sp³-hybridized carbons (Fsp3) is 0.333. The van der Waals surface area contributed by atoms with Crippen LogP contribution in [0.15, 0.2) is 48.7 Å². The molecule has 31 heavy (non-hydrogen) atoms. The molecule has 1 N–H and O–H groups in total. The molecule has 1 aromatic heterocycles. The van der Waals surface area contributed by atoms with E-state index in [1.807, 2.05) is 19.1 Å². The van der Waals surface area contributed by atoms with Gasteiger partial charge in [-0.25, -0.2) is 14.4 Å². The molecule has 162 valence electrons. The molecule has 0 aliphatic carbocycles. The van der Waals surface area contributed by atoms with Crippen LogP contribution in [-0.2, 0) is 0 Å². The summed E-state index contributed by atoms with van der Waals surface area (Å²) in [5, 5.41) is 3.34. The molecule has 4 rings (SSSR count). The van der Waals surface area contributed by atoms with E-state index in [1.54, 1.807) is 18.3 Å². The lowest BCUT2D eigenvalue weighted by Gasteiger charge is -2.36. The number of nitrogens with one attached hydrogen (secondary N) is 1. The SMILES string of the molecule is Cc1cnc(Nc2ccc(N(C)C3CCN(C)CC3)cc2)nc1-c1ccc(F)c(Cl)c1. The lowest BCUT2D eigenvalue weighted by molar-refractivity contribution is 0.253. The van der Waals surface area contributed by atoms with Gasteiger partial charge in [0.1, 0.15) is 5.82 Å².